The Morgan fingerprint density at radius 3 is 2.32 bits per heavy atom. The van der Waals surface area contributed by atoms with Gasteiger partial charge in [0.05, 0.1) is 5.92 Å². The van der Waals surface area contributed by atoms with Crippen molar-refractivity contribution in [3.05, 3.63) is 0 Å². The highest BCUT2D eigenvalue weighted by atomic mass is 16.4. The first-order valence-corrected chi connectivity index (χ1v) is 7.83. The van der Waals surface area contributed by atoms with Gasteiger partial charge in [0.1, 0.15) is 0 Å². The molecule has 0 aromatic carbocycles. The zero-order valence-corrected chi connectivity index (χ0v) is 12.5. The molecule has 3 nitrogen and oxygen atoms in total. The average molecular weight is 265 g/mol. The highest BCUT2D eigenvalue weighted by Crippen LogP contribution is 2.53. The molecular formula is C16H27NO2. The second kappa shape index (κ2) is 4.21. The first-order valence-electron chi connectivity index (χ1n) is 7.83. The highest BCUT2D eigenvalue weighted by molar-refractivity contribution is 5.71. The van der Waals surface area contributed by atoms with Crippen LogP contribution in [0.3, 0.4) is 0 Å². The summed E-state index contributed by atoms with van der Waals surface area (Å²) in [4.78, 5) is 14.1. The number of likely N-dealkylation sites (tertiary alicyclic amines) is 1. The fourth-order valence-corrected chi connectivity index (χ4v) is 4.76. The van der Waals surface area contributed by atoms with Crippen LogP contribution < -0.4 is 0 Å². The van der Waals surface area contributed by atoms with Gasteiger partial charge in [-0.15, -0.1) is 0 Å². The number of hydrogen-bond donors (Lipinski definition) is 1. The van der Waals surface area contributed by atoms with Gasteiger partial charge in [-0.1, -0.05) is 27.2 Å². The van der Waals surface area contributed by atoms with Gasteiger partial charge >= 0.3 is 5.97 Å². The molecule has 2 aliphatic carbocycles. The quantitative estimate of drug-likeness (QED) is 0.834. The fourth-order valence-electron chi connectivity index (χ4n) is 4.76. The minimum absolute atomic E-state index is 0.0862. The van der Waals surface area contributed by atoms with E-state index in [0.717, 1.165) is 12.8 Å². The Bertz CT molecular complexity index is 378. The van der Waals surface area contributed by atoms with Crippen LogP contribution in [0.25, 0.3) is 0 Å². The predicted octanol–water partition coefficient (Wildman–Crippen LogP) is 3.00. The van der Waals surface area contributed by atoms with Crippen LogP contribution in [0.5, 0.6) is 0 Å². The van der Waals surface area contributed by atoms with Gasteiger partial charge < -0.3 is 5.11 Å². The van der Waals surface area contributed by atoms with E-state index in [2.05, 4.69) is 25.7 Å². The molecule has 1 heterocycles. The van der Waals surface area contributed by atoms with Crippen molar-refractivity contribution in [2.24, 2.45) is 22.7 Å². The summed E-state index contributed by atoms with van der Waals surface area (Å²) in [5.41, 5.74) is 0.588. The van der Waals surface area contributed by atoms with Gasteiger partial charge in [-0.2, -0.15) is 0 Å². The summed E-state index contributed by atoms with van der Waals surface area (Å²) >= 11 is 0. The van der Waals surface area contributed by atoms with E-state index in [9.17, 15) is 9.90 Å². The third kappa shape index (κ3) is 1.93. The van der Waals surface area contributed by atoms with Crippen LogP contribution >= 0.6 is 0 Å². The number of aliphatic carboxylic acids is 1. The van der Waals surface area contributed by atoms with Gasteiger partial charge in [0.2, 0.25) is 0 Å². The smallest absolute Gasteiger partial charge is 0.307 e. The lowest BCUT2D eigenvalue weighted by Crippen LogP contribution is -2.66. The van der Waals surface area contributed by atoms with Gasteiger partial charge in [-0.3, -0.25) is 9.69 Å². The number of hydrogen-bond acceptors (Lipinski definition) is 2. The largest absolute Gasteiger partial charge is 0.481 e. The lowest BCUT2D eigenvalue weighted by molar-refractivity contribution is -0.158. The van der Waals surface area contributed by atoms with Gasteiger partial charge in [0.15, 0.2) is 0 Å². The summed E-state index contributed by atoms with van der Waals surface area (Å²) < 4.78 is 0. The summed E-state index contributed by atoms with van der Waals surface area (Å²) in [6.07, 6.45) is 6.18. The molecule has 3 aliphatic rings. The van der Waals surface area contributed by atoms with Crippen LogP contribution in [0.2, 0.25) is 0 Å². The Labute approximate surface area is 116 Å². The predicted molar refractivity (Wildman–Crippen MR) is 74.9 cm³/mol. The normalized spacial score (nSPS) is 40.5. The lowest BCUT2D eigenvalue weighted by Gasteiger charge is -2.61. The Morgan fingerprint density at radius 2 is 1.84 bits per heavy atom. The van der Waals surface area contributed by atoms with E-state index in [1.165, 1.54) is 32.4 Å². The maximum atomic E-state index is 11.4. The van der Waals surface area contributed by atoms with E-state index in [4.69, 9.17) is 0 Å². The van der Waals surface area contributed by atoms with E-state index in [-0.39, 0.29) is 11.3 Å². The Kier molecular flexibility index (Phi) is 2.97. The molecule has 2 saturated carbocycles. The maximum Gasteiger partial charge on any atom is 0.307 e. The van der Waals surface area contributed by atoms with Crippen LogP contribution in [-0.2, 0) is 4.79 Å². The molecule has 0 aromatic rings. The molecule has 0 amide bonds. The average Bonchev–Trinajstić information content (AvgIpc) is 2.19. The number of carbonyl (C=O) groups is 1. The Morgan fingerprint density at radius 1 is 1.21 bits per heavy atom. The first kappa shape index (κ1) is 13.4. The third-order valence-electron chi connectivity index (χ3n) is 6.66. The fraction of sp³-hybridized carbons (Fsp3) is 0.938. The minimum atomic E-state index is -0.602. The molecule has 108 valence electrons. The van der Waals surface area contributed by atoms with E-state index < -0.39 is 5.97 Å². The molecule has 1 N–H and O–H groups in total. The van der Waals surface area contributed by atoms with Gasteiger partial charge in [0.25, 0.3) is 0 Å². The van der Waals surface area contributed by atoms with Gasteiger partial charge in [-0.05, 0) is 42.4 Å². The summed E-state index contributed by atoms with van der Waals surface area (Å²) in [5.74, 6) is -0.299. The van der Waals surface area contributed by atoms with E-state index in [0.29, 0.717) is 17.4 Å². The van der Waals surface area contributed by atoms with Crippen LogP contribution in [0, 0.1) is 22.7 Å². The molecule has 0 bridgehead atoms. The van der Waals surface area contributed by atoms with Gasteiger partial charge in [0, 0.05) is 19.1 Å². The Hall–Kier alpha value is -0.570. The zero-order valence-electron chi connectivity index (χ0n) is 12.5. The lowest BCUT2D eigenvalue weighted by atomic mass is 9.58. The molecule has 3 unspecified atom stereocenters. The van der Waals surface area contributed by atoms with Crippen molar-refractivity contribution in [1.82, 2.24) is 4.90 Å². The minimum Gasteiger partial charge on any atom is -0.481 e. The third-order valence-corrected chi connectivity index (χ3v) is 6.66. The number of rotatable bonds is 2. The number of carboxylic acid groups (broad SMARTS) is 1. The Balaban J connectivity index is 1.67. The first-order chi connectivity index (χ1) is 8.86. The van der Waals surface area contributed by atoms with Gasteiger partial charge in [-0.25, -0.2) is 0 Å². The molecule has 3 fully saturated rings. The van der Waals surface area contributed by atoms with E-state index in [1.807, 2.05) is 0 Å². The standard InChI is InChI=1S/C16H27NO2/c1-11-13(17-9-16(10-17)7-4-8-16)6-5-12(14(18)19)15(11,2)3/h11-13H,4-10H2,1-3H3,(H,18,19). The van der Waals surface area contributed by atoms with Crippen molar-refractivity contribution < 1.29 is 9.90 Å². The van der Waals surface area contributed by atoms with Crippen molar-refractivity contribution in [2.75, 3.05) is 13.1 Å². The van der Waals surface area contributed by atoms with Crippen molar-refractivity contribution in [2.45, 2.75) is 58.9 Å². The summed E-state index contributed by atoms with van der Waals surface area (Å²) in [7, 11) is 0. The summed E-state index contributed by atoms with van der Waals surface area (Å²) in [6, 6.07) is 0.608. The molecule has 1 aliphatic heterocycles. The SMILES string of the molecule is CC1C(N2CC3(CCC3)C2)CCC(C(=O)O)C1(C)C. The molecule has 1 saturated heterocycles. The van der Waals surface area contributed by atoms with Crippen LogP contribution in [0.15, 0.2) is 0 Å². The maximum absolute atomic E-state index is 11.4. The second-order valence-electron chi connectivity index (χ2n) is 7.90. The molecular weight excluding hydrogens is 238 g/mol. The van der Waals surface area contributed by atoms with E-state index in [1.54, 1.807) is 0 Å². The summed E-state index contributed by atoms with van der Waals surface area (Å²) in [6.45, 7) is 9.13. The van der Waals surface area contributed by atoms with Crippen molar-refractivity contribution in [3.8, 4) is 0 Å². The van der Waals surface area contributed by atoms with E-state index >= 15 is 0 Å². The topological polar surface area (TPSA) is 40.5 Å². The highest BCUT2D eigenvalue weighted by Gasteiger charge is 2.54. The number of carboxylic acids is 1. The summed E-state index contributed by atoms with van der Waals surface area (Å²) in [5, 5.41) is 9.40. The van der Waals surface area contributed by atoms with Crippen molar-refractivity contribution in [1.29, 1.82) is 0 Å². The molecule has 0 radical (unpaired) electrons. The zero-order chi connectivity index (χ0) is 13.8. The van der Waals surface area contributed by atoms with Crippen LogP contribution in [-0.4, -0.2) is 35.1 Å². The molecule has 1 spiro atoms. The van der Waals surface area contributed by atoms with Crippen LogP contribution in [0.4, 0.5) is 0 Å². The molecule has 3 heteroatoms. The van der Waals surface area contributed by atoms with Crippen molar-refractivity contribution >= 4 is 5.97 Å². The second-order valence-corrected chi connectivity index (χ2v) is 7.90. The molecule has 3 atom stereocenters. The van der Waals surface area contributed by atoms with Crippen molar-refractivity contribution in [3.63, 3.8) is 0 Å². The monoisotopic (exact) mass is 265 g/mol. The van der Waals surface area contributed by atoms with Crippen LogP contribution in [0.1, 0.15) is 52.9 Å². The molecule has 19 heavy (non-hydrogen) atoms. The molecule has 0 aromatic heterocycles. The number of nitrogens with zero attached hydrogens (tertiary/aromatic N) is 1. The molecule has 3 rings (SSSR count).